The van der Waals surface area contributed by atoms with Crippen molar-refractivity contribution in [3.05, 3.63) is 63.1 Å². The van der Waals surface area contributed by atoms with Crippen LogP contribution in [-0.4, -0.2) is 34.6 Å². The summed E-state index contributed by atoms with van der Waals surface area (Å²) in [5, 5.41) is 4.78. The number of carbonyl (C=O) groups excluding carboxylic acids is 2. The molecule has 184 valence electrons. The summed E-state index contributed by atoms with van der Waals surface area (Å²) in [5.74, 6) is 0.477. The smallest absolute Gasteiger partial charge is 0.243 e. The Morgan fingerprint density at radius 3 is 2.38 bits per heavy atom. The molecule has 8 heteroatoms. The van der Waals surface area contributed by atoms with Gasteiger partial charge in [0.05, 0.1) is 10.0 Å². The van der Waals surface area contributed by atoms with Crippen LogP contribution in [0.3, 0.4) is 0 Å². The van der Waals surface area contributed by atoms with Crippen LogP contribution in [0, 0.1) is 0 Å². The number of benzene rings is 2. The summed E-state index contributed by atoms with van der Waals surface area (Å²) in [6.07, 6.45) is 6.35. The molecule has 0 unspecified atom stereocenters. The average Bonchev–Trinajstić information content (AvgIpc) is 2.83. The minimum atomic E-state index is -0.538. The van der Waals surface area contributed by atoms with E-state index in [4.69, 9.17) is 34.8 Å². The van der Waals surface area contributed by atoms with Crippen molar-refractivity contribution in [3.8, 4) is 0 Å². The van der Waals surface area contributed by atoms with Crippen molar-refractivity contribution in [2.24, 2.45) is 0 Å². The van der Waals surface area contributed by atoms with Crippen molar-refractivity contribution in [2.45, 2.75) is 75.4 Å². The van der Waals surface area contributed by atoms with E-state index in [9.17, 15) is 9.59 Å². The van der Waals surface area contributed by atoms with Gasteiger partial charge in [0.2, 0.25) is 11.8 Å². The maximum absolute atomic E-state index is 13.4. The Hall–Kier alpha value is -1.40. The van der Waals surface area contributed by atoms with Gasteiger partial charge >= 0.3 is 0 Å². The molecule has 4 nitrogen and oxygen atoms in total. The fourth-order valence-corrected chi connectivity index (χ4v) is 5.52. The van der Waals surface area contributed by atoms with Crippen LogP contribution >= 0.6 is 46.6 Å². The summed E-state index contributed by atoms with van der Waals surface area (Å²) in [6.45, 7) is 2.25. The fourth-order valence-electron chi connectivity index (χ4n) is 4.23. The Kier molecular flexibility index (Phi) is 10.9. The number of halogens is 3. The lowest BCUT2D eigenvalue weighted by Crippen LogP contribution is -2.51. The van der Waals surface area contributed by atoms with E-state index in [1.807, 2.05) is 37.3 Å². The zero-order valence-corrected chi connectivity index (χ0v) is 22.5. The van der Waals surface area contributed by atoms with Crippen LogP contribution in [-0.2, 0) is 16.1 Å². The minimum absolute atomic E-state index is 0.0572. The number of thioether (sulfide) groups is 1. The van der Waals surface area contributed by atoms with Crippen molar-refractivity contribution in [3.63, 3.8) is 0 Å². The van der Waals surface area contributed by atoms with Gasteiger partial charge in [-0.1, -0.05) is 67.1 Å². The van der Waals surface area contributed by atoms with E-state index < -0.39 is 6.04 Å². The van der Waals surface area contributed by atoms with Gasteiger partial charge in [0.15, 0.2) is 0 Å². The van der Waals surface area contributed by atoms with Gasteiger partial charge in [0.1, 0.15) is 6.04 Å². The van der Waals surface area contributed by atoms with Crippen molar-refractivity contribution in [1.82, 2.24) is 10.2 Å². The molecule has 1 aliphatic rings. The van der Waals surface area contributed by atoms with Gasteiger partial charge in [-0.05, 0) is 61.2 Å². The Balaban J connectivity index is 1.71. The lowest BCUT2D eigenvalue weighted by Gasteiger charge is -2.33. The molecule has 0 aliphatic heterocycles. The van der Waals surface area contributed by atoms with Gasteiger partial charge in [0, 0.05) is 34.7 Å². The first-order chi connectivity index (χ1) is 16.4. The van der Waals surface area contributed by atoms with Crippen molar-refractivity contribution in [1.29, 1.82) is 0 Å². The maximum atomic E-state index is 13.4. The van der Waals surface area contributed by atoms with Crippen molar-refractivity contribution in [2.75, 3.05) is 5.75 Å². The van der Waals surface area contributed by atoms with E-state index >= 15 is 0 Å². The van der Waals surface area contributed by atoms with Crippen LogP contribution in [0.4, 0.5) is 0 Å². The molecule has 0 bridgehead atoms. The number of nitrogens with zero attached hydrogens (tertiary/aromatic N) is 1. The molecule has 3 rings (SSSR count). The third-order valence-corrected chi connectivity index (χ3v) is 8.08. The highest BCUT2D eigenvalue weighted by Crippen LogP contribution is 2.26. The summed E-state index contributed by atoms with van der Waals surface area (Å²) in [4.78, 5) is 29.4. The topological polar surface area (TPSA) is 49.4 Å². The van der Waals surface area contributed by atoms with E-state index in [1.165, 1.54) is 6.42 Å². The summed E-state index contributed by atoms with van der Waals surface area (Å²) >= 11 is 19.9. The first-order valence-corrected chi connectivity index (χ1v) is 13.9. The Bertz CT molecular complexity index is 965. The third-order valence-electron chi connectivity index (χ3n) is 6.07. The molecule has 2 amide bonds. The highest BCUT2D eigenvalue weighted by atomic mass is 35.5. The summed E-state index contributed by atoms with van der Waals surface area (Å²) in [6, 6.07) is 12.6. The van der Waals surface area contributed by atoms with E-state index in [0.29, 0.717) is 40.2 Å². The van der Waals surface area contributed by atoms with Crippen molar-refractivity contribution >= 4 is 58.4 Å². The predicted octanol–water partition coefficient (Wildman–Crippen LogP) is 7.39. The van der Waals surface area contributed by atoms with Gasteiger partial charge in [-0.25, -0.2) is 0 Å². The average molecular weight is 542 g/mol. The quantitative estimate of drug-likeness (QED) is 0.319. The summed E-state index contributed by atoms with van der Waals surface area (Å²) in [7, 11) is 0. The SMILES string of the molecule is CC[C@H](C(=O)NC1CCCCC1)N(Cc1ccc(Cl)c(Cl)c1)C(=O)CCSc1ccc(Cl)cc1. The molecule has 1 atom stereocenters. The predicted molar refractivity (Wildman–Crippen MR) is 143 cm³/mol. The molecule has 0 aromatic heterocycles. The number of nitrogens with one attached hydrogen (secondary N) is 1. The lowest BCUT2D eigenvalue weighted by molar-refractivity contribution is -0.141. The fraction of sp³-hybridized carbons (Fsp3) is 0.462. The standard InChI is InChI=1S/C26H31Cl3N2O2S/c1-2-24(26(33)30-20-6-4-3-5-7-20)31(17-18-8-13-22(28)23(29)16-18)25(32)14-15-34-21-11-9-19(27)10-12-21/h8-13,16,20,24H,2-7,14-15,17H2,1H3,(H,30,33)/t24-/m1/s1. The molecule has 0 saturated heterocycles. The highest BCUT2D eigenvalue weighted by molar-refractivity contribution is 7.99. The second-order valence-electron chi connectivity index (χ2n) is 8.59. The molecule has 1 saturated carbocycles. The summed E-state index contributed by atoms with van der Waals surface area (Å²) in [5.41, 5.74) is 0.844. The van der Waals surface area contributed by atoms with E-state index in [2.05, 4.69) is 5.32 Å². The Labute approximate surface area is 221 Å². The lowest BCUT2D eigenvalue weighted by atomic mass is 9.95. The highest BCUT2D eigenvalue weighted by Gasteiger charge is 2.30. The van der Waals surface area contributed by atoms with Crippen molar-refractivity contribution < 1.29 is 9.59 Å². The summed E-state index contributed by atoms with van der Waals surface area (Å²) < 4.78 is 0. The molecule has 0 spiro atoms. The van der Waals surface area contributed by atoms with Crippen LogP contribution in [0.15, 0.2) is 47.4 Å². The molecule has 34 heavy (non-hydrogen) atoms. The molecule has 0 heterocycles. The second-order valence-corrected chi connectivity index (χ2v) is 11.0. The molecular formula is C26H31Cl3N2O2S. The molecule has 0 radical (unpaired) electrons. The number of rotatable bonds is 10. The van der Waals surface area contributed by atoms with E-state index in [-0.39, 0.29) is 17.9 Å². The number of hydrogen-bond acceptors (Lipinski definition) is 3. The van der Waals surface area contributed by atoms with Gasteiger partial charge in [0.25, 0.3) is 0 Å². The van der Waals surface area contributed by atoms with Crippen LogP contribution in [0.2, 0.25) is 15.1 Å². The molecular weight excluding hydrogens is 511 g/mol. The Morgan fingerprint density at radius 2 is 1.74 bits per heavy atom. The van der Waals surface area contributed by atoms with Gasteiger partial charge in [-0.15, -0.1) is 11.8 Å². The Morgan fingerprint density at radius 1 is 1.03 bits per heavy atom. The van der Waals surface area contributed by atoms with Gasteiger partial charge in [-0.3, -0.25) is 9.59 Å². The normalized spacial score (nSPS) is 15.1. The largest absolute Gasteiger partial charge is 0.352 e. The van der Waals surface area contributed by atoms with Crippen LogP contribution in [0.5, 0.6) is 0 Å². The second kappa shape index (κ2) is 13.6. The van der Waals surface area contributed by atoms with E-state index in [0.717, 1.165) is 36.1 Å². The number of amides is 2. The number of carbonyl (C=O) groups is 2. The van der Waals surface area contributed by atoms with Crippen LogP contribution < -0.4 is 5.32 Å². The molecule has 1 N–H and O–H groups in total. The molecule has 1 aliphatic carbocycles. The maximum Gasteiger partial charge on any atom is 0.243 e. The first kappa shape index (κ1) is 27.2. The molecule has 1 fully saturated rings. The third kappa shape index (κ3) is 8.08. The monoisotopic (exact) mass is 540 g/mol. The van der Waals surface area contributed by atoms with E-state index in [1.54, 1.807) is 28.8 Å². The van der Waals surface area contributed by atoms with Crippen LogP contribution in [0.1, 0.15) is 57.4 Å². The molecule has 2 aromatic rings. The minimum Gasteiger partial charge on any atom is -0.352 e. The zero-order valence-electron chi connectivity index (χ0n) is 19.4. The van der Waals surface area contributed by atoms with Gasteiger partial charge in [-0.2, -0.15) is 0 Å². The first-order valence-electron chi connectivity index (χ1n) is 11.8. The van der Waals surface area contributed by atoms with Crippen LogP contribution in [0.25, 0.3) is 0 Å². The zero-order chi connectivity index (χ0) is 24.5. The number of hydrogen-bond donors (Lipinski definition) is 1. The van der Waals surface area contributed by atoms with Gasteiger partial charge < -0.3 is 10.2 Å². The molecule has 2 aromatic carbocycles.